The largest absolute Gasteiger partial charge is 0.508 e. The predicted molar refractivity (Wildman–Crippen MR) is 74.5 cm³/mol. The maximum atomic E-state index is 9.35. The maximum Gasteiger partial charge on any atom is 0.115 e. The third kappa shape index (κ3) is 2.85. The number of benzene rings is 1. The van der Waals surface area contributed by atoms with Crippen LogP contribution in [0, 0.1) is 5.92 Å². The molecule has 3 atom stereocenters. The molecule has 0 aromatic heterocycles. The van der Waals surface area contributed by atoms with Crippen LogP contribution in [0.25, 0.3) is 0 Å². The molecule has 0 aliphatic carbocycles. The smallest absolute Gasteiger partial charge is 0.115 e. The molecule has 100 valence electrons. The molecule has 0 radical (unpaired) electrons. The Balaban J connectivity index is 2.11. The topological polar surface area (TPSA) is 49.5 Å². The van der Waals surface area contributed by atoms with E-state index in [0.29, 0.717) is 17.8 Å². The van der Waals surface area contributed by atoms with Crippen molar-refractivity contribution in [1.29, 1.82) is 0 Å². The summed E-state index contributed by atoms with van der Waals surface area (Å²) in [6, 6.07) is 8.38. The molecular weight excluding hydrogens is 224 g/mol. The number of rotatable bonds is 3. The van der Waals surface area contributed by atoms with Gasteiger partial charge in [-0.1, -0.05) is 19.1 Å². The highest BCUT2D eigenvalue weighted by molar-refractivity contribution is 5.28. The zero-order valence-corrected chi connectivity index (χ0v) is 11.3. The molecule has 1 fully saturated rings. The van der Waals surface area contributed by atoms with Gasteiger partial charge in [0.25, 0.3) is 0 Å². The number of nitrogens with two attached hydrogens (primary N) is 1. The molecule has 1 aromatic rings. The first-order valence-corrected chi connectivity index (χ1v) is 6.86. The first-order valence-electron chi connectivity index (χ1n) is 6.86. The van der Waals surface area contributed by atoms with E-state index in [-0.39, 0.29) is 0 Å². The quantitative estimate of drug-likeness (QED) is 0.864. The molecule has 1 saturated heterocycles. The summed E-state index contributed by atoms with van der Waals surface area (Å²) in [7, 11) is 0. The van der Waals surface area contributed by atoms with Gasteiger partial charge in [0, 0.05) is 18.6 Å². The second-order valence-electron chi connectivity index (χ2n) is 5.52. The Morgan fingerprint density at radius 1 is 1.39 bits per heavy atom. The zero-order valence-electron chi connectivity index (χ0n) is 11.3. The number of phenols is 1. The number of piperidine rings is 1. The van der Waals surface area contributed by atoms with Crippen molar-refractivity contribution < 1.29 is 5.11 Å². The van der Waals surface area contributed by atoms with Crippen LogP contribution in [0.15, 0.2) is 24.3 Å². The molecule has 3 unspecified atom stereocenters. The van der Waals surface area contributed by atoms with Crippen LogP contribution < -0.4 is 5.73 Å². The lowest BCUT2D eigenvalue weighted by molar-refractivity contribution is 0.0834. The van der Waals surface area contributed by atoms with Crippen LogP contribution in [-0.4, -0.2) is 29.1 Å². The molecule has 1 heterocycles. The molecule has 2 rings (SSSR count). The number of hydrogen-bond donors (Lipinski definition) is 2. The Hall–Kier alpha value is -1.06. The highest BCUT2D eigenvalue weighted by Crippen LogP contribution is 2.30. The molecule has 0 amide bonds. The number of likely N-dealkylation sites (tertiary alicyclic amines) is 1. The lowest BCUT2D eigenvalue weighted by atomic mass is 9.90. The molecule has 1 aromatic carbocycles. The van der Waals surface area contributed by atoms with E-state index in [2.05, 4.69) is 18.7 Å². The number of aromatic hydroxyl groups is 1. The maximum absolute atomic E-state index is 9.35. The SMILES string of the molecule is CC1CCN(C(C)c2ccc(O)cc2)C(CN)C1. The van der Waals surface area contributed by atoms with E-state index >= 15 is 0 Å². The van der Waals surface area contributed by atoms with Gasteiger partial charge in [0.15, 0.2) is 0 Å². The zero-order chi connectivity index (χ0) is 13.1. The van der Waals surface area contributed by atoms with E-state index in [1.807, 2.05) is 12.1 Å². The Morgan fingerprint density at radius 3 is 2.67 bits per heavy atom. The number of nitrogens with zero attached hydrogens (tertiary/aromatic N) is 1. The number of hydrogen-bond acceptors (Lipinski definition) is 3. The minimum absolute atomic E-state index is 0.327. The summed E-state index contributed by atoms with van der Waals surface area (Å²) in [5, 5.41) is 9.35. The van der Waals surface area contributed by atoms with Gasteiger partial charge in [0.2, 0.25) is 0 Å². The Bertz CT molecular complexity index is 377. The Labute approximate surface area is 110 Å². The van der Waals surface area contributed by atoms with E-state index in [4.69, 9.17) is 5.73 Å². The summed E-state index contributed by atoms with van der Waals surface area (Å²) in [6.45, 7) is 6.38. The average molecular weight is 248 g/mol. The van der Waals surface area contributed by atoms with Crippen molar-refractivity contribution in [3.8, 4) is 5.75 Å². The van der Waals surface area contributed by atoms with Crippen molar-refractivity contribution >= 4 is 0 Å². The normalized spacial score (nSPS) is 27.1. The summed E-state index contributed by atoms with van der Waals surface area (Å²) in [5.41, 5.74) is 7.16. The highest BCUT2D eigenvalue weighted by Gasteiger charge is 2.29. The summed E-state index contributed by atoms with van der Waals surface area (Å²) in [4.78, 5) is 2.51. The highest BCUT2D eigenvalue weighted by atomic mass is 16.3. The van der Waals surface area contributed by atoms with Gasteiger partial charge in [-0.2, -0.15) is 0 Å². The fraction of sp³-hybridized carbons (Fsp3) is 0.600. The van der Waals surface area contributed by atoms with E-state index in [1.54, 1.807) is 12.1 Å². The number of phenolic OH excluding ortho intramolecular Hbond substituents is 1. The summed E-state index contributed by atoms with van der Waals surface area (Å²) >= 11 is 0. The van der Waals surface area contributed by atoms with Crippen LogP contribution in [0.5, 0.6) is 5.75 Å². The molecule has 3 N–H and O–H groups in total. The lowest BCUT2D eigenvalue weighted by Gasteiger charge is -2.41. The monoisotopic (exact) mass is 248 g/mol. The summed E-state index contributed by atoms with van der Waals surface area (Å²) in [5.74, 6) is 1.11. The van der Waals surface area contributed by atoms with Crippen LogP contribution in [0.1, 0.15) is 38.3 Å². The van der Waals surface area contributed by atoms with Gasteiger partial charge in [0.1, 0.15) is 5.75 Å². The minimum Gasteiger partial charge on any atom is -0.508 e. The van der Waals surface area contributed by atoms with E-state index in [9.17, 15) is 5.11 Å². The van der Waals surface area contributed by atoms with E-state index in [0.717, 1.165) is 19.0 Å². The fourth-order valence-corrected chi connectivity index (χ4v) is 2.96. The van der Waals surface area contributed by atoms with E-state index in [1.165, 1.54) is 18.4 Å². The van der Waals surface area contributed by atoms with E-state index < -0.39 is 0 Å². The molecule has 18 heavy (non-hydrogen) atoms. The van der Waals surface area contributed by atoms with Gasteiger partial charge in [-0.3, -0.25) is 4.90 Å². The molecule has 0 saturated carbocycles. The van der Waals surface area contributed by atoms with Gasteiger partial charge < -0.3 is 10.8 Å². The lowest BCUT2D eigenvalue weighted by Crippen LogP contribution is -2.47. The molecular formula is C15H24N2O. The third-order valence-corrected chi connectivity index (χ3v) is 4.17. The van der Waals surface area contributed by atoms with Crippen molar-refractivity contribution in [2.45, 2.75) is 38.8 Å². The van der Waals surface area contributed by atoms with Crippen LogP contribution in [0.2, 0.25) is 0 Å². The average Bonchev–Trinajstić information content (AvgIpc) is 2.38. The van der Waals surface area contributed by atoms with Gasteiger partial charge >= 0.3 is 0 Å². The van der Waals surface area contributed by atoms with Crippen LogP contribution in [0.3, 0.4) is 0 Å². The van der Waals surface area contributed by atoms with Crippen molar-refractivity contribution in [2.24, 2.45) is 11.7 Å². The predicted octanol–water partition coefficient (Wildman–Crippen LogP) is 2.51. The molecule has 1 aliphatic rings. The first kappa shape index (κ1) is 13.4. The summed E-state index contributed by atoms with van der Waals surface area (Å²) < 4.78 is 0. The first-order chi connectivity index (χ1) is 8.61. The Morgan fingerprint density at radius 2 is 2.06 bits per heavy atom. The van der Waals surface area contributed by atoms with Crippen molar-refractivity contribution in [3.63, 3.8) is 0 Å². The van der Waals surface area contributed by atoms with Crippen LogP contribution in [-0.2, 0) is 0 Å². The fourth-order valence-electron chi connectivity index (χ4n) is 2.96. The molecule has 0 spiro atoms. The summed E-state index contributed by atoms with van der Waals surface area (Å²) in [6.07, 6.45) is 2.44. The van der Waals surface area contributed by atoms with Crippen LogP contribution in [0.4, 0.5) is 0 Å². The molecule has 3 heteroatoms. The van der Waals surface area contributed by atoms with Crippen molar-refractivity contribution in [3.05, 3.63) is 29.8 Å². The van der Waals surface area contributed by atoms with Gasteiger partial charge in [-0.25, -0.2) is 0 Å². The molecule has 3 nitrogen and oxygen atoms in total. The third-order valence-electron chi connectivity index (χ3n) is 4.17. The van der Waals surface area contributed by atoms with Crippen LogP contribution >= 0.6 is 0 Å². The van der Waals surface area contributed by atoms with Gasteiger partial charge in [0.05, 0.1) is 0 Å². The molecule has 1 aliphatic heterocycles. The Kier molecular flexibility index (Phi) is 4.25. The van der Waals surface area contributed by atoms with Crippen molar-refractivity contribution in [2.75, 3.05) is 13.1 Å². The minimum atomic E-state index is 0.327. The van der Waals surface area contributed by atoms with Crippen molar-refractivity contribution in [1.82, 2.24) is 4.90 Å². The van der Waals surface area contributed by atoms with Gasteiger partial charge in [-0.15, -0.1) is 0 Å². The molecule has 0 bridgehead atoms. The second kappa shape index (κ2) is 5.72. The standard InChI is InChI=1S/C15H24N2O/c1-11-7-8-17(14(9-11)10-16)12(2)13-3-5-15(18)6-4-13/h3-6,11-12,14,18H,7-10,16H2,1-2H3. The van der Waals surface area contributed by atoms with Gasteiger partial charge in [-0.05, 0) is 49.9 Å². The second-order valence-corrected chi connectivity index (χ2v) is 5.52.